The third kappa shape index (κ3) is 5.23. The van der Waals surface area contributed by atoms with E-state index in [1.807, 2.05) is 0 Å². The van der Waals surface area contributed by atoms with Gasteiger partial charge in [-0.15, -0.1) is 0 Å². The highest BCUT2D eigenvalue weighted by molar-refractivity contribution is 7.98. The minimum atomic E-state index is -4.71. The van der Waals surface area contributed by atoms with Gasteiger partial charge in [0.1, 0.15) is 5.75 Å². The van der Waals surface area contributed by atoms with E-state index in [0.29, 0.717) is 11.6 Å². The van der Waals surface area contributed by atoms with Crippen molar-refractivity contribution in [3.8, 4) is 5.75 Å². The van der Waals surface area contributed by atoms with Crippen molar-refractivity contribution in [2.24, 2.45) is 0 Å². The van der Waals surface area contributed by atoms with Gasteiger partial charge in [0.05, 0.1) is 0 Å². The first-order valence-corrected chi connectivity index (χ1v) is 7.08. The summed E-state index contributed by atoms with van der Waals surface area (Å²) in [5.74, 6) is 0.165. The molecule has 124 valence electrons. The van der Waals surface area contributed by atoms with Crippen molar-refractivity contribution in [3.63, 3.8) is 0 Å². The minimum absolute atomic E-state index is 0.0284. The summed E-state index contributed by atoms with van der Waals surface area (Å²) in [5.41, 5.74) is -1.54. The van der Waals surface area contributed by atoms with Gasteiger partial charge in [-0.25, -0.2) is 4.98 Å². The molecule has 0 aliphatic heterocycles. The molecule has 0 saturated carbocycles. The van der Waals surface area contributed by atoms with Crippen LogP contribution in [0.15, 0.2) is 40.3 Å². The Bertz CT molecular complexity index is 716. The van der Waals surface area contributed by atoms with E-state index in [0.717, 1.165) is 11.8 Å². The lowest BCUT2D eigenvalue weighted by atomic mass is 10.2. The quantitative estimate of drug-likeness (QED) is 0.507. The van der Waals surface area contributed by atoms with Gasteiger partial charge in [-0.1, -0.05) is 23.9 Å². The molecule has 1 aromatic heterocycles. The van der Waals surface area contributed by atoms with Crippen LogP contribution in [0.3, 0.4) is 0 Å². The maximum Gasteiger partial charge on any atom is 0.433 e. The van der Waals surface area contributed by atoms with Crippen molar-refractivity contribution < 1.29 is 26.7 Å². The van der Waals surface area contributed by atoms with Gasteiger partial charge in [-0.3, -0.25) is 4.79 Å². The average Bonchev–Trinajstić information content (AvgIpc) is 2.44. The first-order valence-electron chi connectivity index (χ1n) is 6.09. The summed E-state index contributed by atoms with van der Waals surface area (Å²) in [7, 11) is 0. The molecule has 0 atom stereocenters. The summed E-state index contributed by atoms with van der Waals surface area (Å²) < 4.78 is 65.9. The maximum atomic E-state index is 12.6. The zero-order valence-corrected chi connectivity index (χ0v) is 12.0. The van der Waals surface area contributed by atoms with Crippen LogP contribution in [-0.4, -0.2) is 16.6 Å². The summed E-state index contributed by atoms with van der Waals surface area (Å²) in [6.07, 6.45) is -4.71. The molecular formula is C13H9F5N2O2S. The lowest BCUT2D eigenvalue weighted by Gasteiger charge is -2.08. The molecule has 0 bridgehead atoms. The molecule has 0 spiro atoms. The molecule has 0 aliphatic carbocycles. The van der Waals surface area contributed by atoms with Gasteiger partial charge in [0, 0.05) is 11.8 Å². The van der Waals surface area contributed by atoms with Crippen LogP contribution in [-0.2, 0) is 11.9 Å². The number of hydrogen-bond acceptors (Lipinski definition) is 4. The van der Waals surface area contributed by atoms with Crippen LogP contribution >= 0.6 is 11.8 Å². The summed E-state index contributed by atoms with van der Waals surface area (Å²) in [5, 5.41) is -0.183. The van der Waals surface area contributed by atoms with Gasteiger partial charge < -0.3 is 9.72 Å². The number of aromatic amines is 1. The van der Waals surface area contributed by atoms with Crippen LogP contribution in [0.2, 0.25) is 0 Å². The molecule has 10 heteroatoms. The Morgan fingerprint density at radius 2 is 1.87 bits per heavy atom. The molecular weight excluding hydrogens is 343 g/mol. The smallest absolute Gasteiger partial charge is 0.433 e. The van der Waals surface area contributed by atoms with Gasteiger partial charge in [0.2, 0.25) is 0 Å². The number of ether oxygens (including phenoxy) is 1. The minimum Gasteiger partial charge on any atom is -0.435 e. The van der Waals surface area contributed by atoms with Crippen molar-refractivity contribution in [1.29, 1.82) is 0 Å². The highest BCUT2D eigenvalue weighted by Crippen LogP contribution is 2.28. The van der Waals surface area contributed by atoms with Crippen LogP contribution in [0.25, 0.3) is 0 Å². The number of nitrogens with zero attached hydrogens (tertiary/aromatic N) is 1. The number of halogens is 5. The first kappa shape index (κ1) is 17.3. The Morgan fingerprint density at radius 3 is 2.43 bits per heavy atom. The molecule has 2 rings (SSSR count). The Hall–Kier alpha value is -2.10. The lowest BCUT2D eigenvalue weighted by Crippen LogP contribution is -2.16. The van der Waals surface area contributed by atoms with Crippen LogP contribution in [0.1, 0.15) is 11.3 Å². The molecule has 0 fully saturated rings. The van der Waals surface area contributed by atoms with Crippen molar-refractivity contribution in [3.05, 3.63) is 51.9 Å². The lowest BCUT2D eigenvalue weighted by molar-refractivity contribution is -0.141. The second-order valence-corrected chi connectivity index (χ2v) is 5.21. The Kier molecular flexibility index (Phi) is 5.24. The summed E-state index contributed by atoms with van der Waals surface area (Å²) in [4.78, 5) is 16.8. The number of hydrogen-bond donors (Lipinski definition) is 1. The predicted molar refractivity (Wildman–Crippen MR) is 72.5 cm³/mol. The molecule has 1 N–H and O–H groups in total. The number of aromatic nitrogens is 2. The summed E-state index contributed by atoms with van der Waals surface area (Å²) in [6.45, 7) is -2.94. The SMILES string of the molecule is O=c1cc(C(F)(F)F)nc(SCc2ccc(OC(F)F)cc2)[nH]1. The monoisotopic (exact) mass is 352 g/mol. The number of nitrogens with one attached hydrogen (secondary N) is 1. The molecule has 2 aromatic rings. The fraction of sp³-hybridized carbons (Fsp3) is 0.231. The molecule has 1 aromatic carbocycles. The number of H-pyrrole nitrogens is 1. The summed E-state index contributed by atoms with van der Waals surface area (Å²) >= 11 is 0.882. The number of thioether (sulfide) groups is 1. The van der Waals surface area contributed by atoms with Crippen molar-refractivity contribution in [2.45, 2.75) is 23.7 Å². The highest BCUT2D eigenvalue weighted by atomic mass is 32.2. The van der Waals surface area contributed by atoms with E-state index in [1.165, 1.54) is 24.3 Å². The second-order valence-electron chi connectivity index (χ2n) is 4.24. The van der Waals surface area contributed by atoms with Gasteiger partial charge >= 0.3 is 12.8 Å². The Morgan fingerprint density at radius 1 is 1.22 bits per heavy atom. The fourth-order valence-electron chi connectivity index (χ4n) is 1.57. The first-order chi connectivity index (χ1) is 10.7. The van der Waals surface area contributed by atoms with Crippen molar-refractivity contribution in [1.82, 2.24) is 9.97 Å². The van der Waals surface area contributed by atoms with E-state index < -0.39 is 24.0 Å². The van der Waals surface area contributed by atoms with Gasteiger partial charge in [0.15, 0.2) is 10.9 Å². The van der Waals surface area contributed by atoms with Gasteiger partial charge in [-0.05, 0) is 17.7 Å². The van der Waals surface area contributed by atoms with E-state index in [1.54, 1.807) is 0 Å². The average molecular weight is 352 g/mol. The molecule has 0 saturated heterocycles. The molecule has 0 amide bonds. The van der Waals surface area contributed by atoms with Gasteiger partial charge in [0.25, 0.3) is 5.56 Å². The molecule has 1 heterocycles. The van der Waals surface area contributed by atoms with E-state index in [9.17, 15) is 26.7 Å². The molecule has 0 unspecified atom stereocenters. The topological polar surface area (TPSA) is 55.0 Å². The fourth-order valence-corrected chi connectivity index (χ4v) is 2.40. The number of rotatable bonds is 5. The third-order valence-corrected chi connectivity index (χ3v) is 3.48. The number of benzene rings is 1. The summed E-state index contributed by atoms with van der Waals surface area (Å²) in [6, 6.07) is 5.96. The van der Waals surface area contributed by atoms with Crippen LogP contribution in [0, 0.1) is 0 Å². The Labute approximate surface area is 130 Å². The molecule has 0 radical (unpaired) electrons. The van der Waals surface area contributed by atoms with Crippen molar-refractivity contribution in [2.75, 3.05) is 0 Å². The number of alkyl halides is 5. The van der Waals surface area contributed by atoms with Crippen LogP contribution in [0.4, 0.5) is 22.0 Å². The zero-order chi connectivity index (χ0) is 17.0. The Balaban J connectivity index is 2.06. The zero-order valence-electron chi connectivity index (χ0n) is 11.2. The van der Waals surface area contributed by atoms with Gasteiger partial charge in [-0.2, -0.15) is 22.0 Å². The van der Waals surface area contributed by atoms with E-state index in [2.05, 4.69) is 14.7 Å². The predicted octanol–water partition coefficient (Wildman–Crippen LogP) is 3.68. The van der Waals surface area contributed by atoms with Crippen LogP contribution in [0.5, 0.6) is 5.75 Å². The van der Waals surface area contributed by atoms with E-state index in [-0.39, 0.29) is 16.7 Å². The van der Waals surface area contributed by atoms with E-state index in [4.69, 9.17) is 0 Å². The third-order valence-electron chi connectivity index (χ3n) is 2.53. The largest absolute Gasteiger partial charge is 0.435 e. The molecule has 23 heavy (non-hydrogen) atoms. The standard InChI is InChI=1S/C13H9F5N2O2S/c14-11(15)22-8-3-1-7(2-4-8)6-23-12-19-9(13(16,17)18)5-10(21)20-12/h1-5,11H,6H2,(H,19,20,21). The normalized spacial score (nSPS) is 11.7. The molecule has 0 aliphatic rings. The second kappa shape index (κ2) is 6.99. The van der Waals surface area contributed by atoms with Crippen LogP contribution < -0.4 is 10.3 Å². The maximum absolute atomic E-state index is 12.6. The highest BCUT2D eigenvalue weighted by Gasteiger charge is 2.33. The molecule has 4 nitrogen and oxygen atoms in total. The van der Waals surface area contributed by atoms with E-state index >= 15 is 0 Å². The van der Waals surface area contributed by atoms with Crippen molar-refractivity contribution >= 4 is 11.8 Å².